The van der Waals surface area contributed by atoms with Gasteiger partial charge < -0.3 is 4.74 Å². The van der Waals surface area contributed by atoms with E-state index in [-0.39, 0.29) is 12.4 Å². The standard InChI is InChI=1S/C14H10ClFN4O/c15-12-2-1-3-13(16)11(12)8-21-10-6-4-9(5-7-10)14-17-19-20-18-14/h1-7H,8H2,(H,17,18,19,20). The van der Waals surface area contributed by atoms with Crippen LogP contribution in [0.4, 0.5) is 4.39 Å². The normalized spacial score (nSPS) is 10.6. The van der Waals surface area contributed by atoms with E-state index in [1.807, 2.05) is 0 Å². The molecule has 0 aliphatic rings. The number of aromatic nitrogens is 4. The fourth-order valence-electron chi connectivity index (χ4n) is 1.81. The molecule has 0 unspecified atom stereocenters. The quantitative estimate of drug-likeness (QED) is 0.803. The summed E-state index contributed by atoms with van der Waals surface area (Å²) in [5.74, 6) is 0.714. The highest BCUT2D eigenvalue weighted by Gasteiger charge is 2.08. The molecule has 0 amide bonds. The zero-order chi connectivity index (χ0) is 14.7. The summed E-state index contributed by atoms with van der Waals surface area (Å²) >= 11 is 5.94. The van der Waals surface area contributed by atoms with Gasteiger partial charge in [-0.05, 0) is 41.6 Å². The molecule has 3 aromatic rings. The van der Waals surface area contributed by atoms with Gasteiger partial charge in [0.2, 0.25) is 5.82 Å². The van der Waals surface area contributed by atoms with Crippen LogP contribution < -0.4 is 4.74 Å². The Morgan fingerprint density at radius 2 is 1.95 bits per heavy atom. The topological polar surface area (TPSA) is 63.7 Å². The second kappa shape index (κ2) is 5.88. The Balaban J connectivity index is 1.71. The lowest BCUT2D eigenvalue weighted by Gasteiger charge is -2.09. The van der Waals surface area contributed by atoms with Gasteiger partial charge in [-0.2, -0.15) is 5.21 Å². The monoisotopic (exact) mass is 304 g/mol. The number of H-pyrrole nitrogens is 1. The molecule has 0 spiro atoms. The van der Waals surface area contributed by atoms with Crippen molar-refractivity contribution in [3.05, 3.63) is 58.9 Å². The SMILES string of the molecule is Fc1cccc(Cl)c1COc1ccc(-c2nn[nH]n2)cc1. The van der Waals surface area contributed by atoms with Gasteiger partial charge in [-0.1, -0.05) is 17.7 Å². The number of hydrogen-bond donors (Lipinski definition) is 1. The maximum absolute atomic E-state index is 13.6. The van der Waals surface area contributed by atoms with Crippen LogP contribution in [-0.4, -0.2) is 20.6 Å². The highest BCUT2D eigenvalue weighted by molar-refractivity contribution is 6.31. The molecule has 106 valence electrons. The Kier molecular flexibility index (Phi) is 3.79. The number of nitrogens with zero attached hydrogens (tertiary/aromatic N) is 3. The number of aromatic amines is 1. The molecule has 0 radical (unpaired) electrons. The summed E-state index contributed by atoms with van der Waals surface area (Å²) in [4.78, 5) is 0. The van der Waals surface area contributed by atoms with Gasteiger partial charge in [0, 0.05) is 11.1 Å². The van der Waals surface area contributed by atoms with E-state index in [9.17, 15) is 4.39 Å². The fourth-order valence-corrected chi connectivity index (χ4v) is 2.03. The number of nitrogens with one attached hydrogen (secondary N) is 1. The Morgan fingerprint density at radius 1 is 1.14 bits per heavy atom. The first-order valence-corrected chi connectivity index (χ1v) is 6.51. The predicted octanol–water partition coefficient (Wildman–Crippen LogP) is 3.24. The van der Waals surface area contributed by atoms with Crippen molar-refractivity contribution >= 4 is 11.6 Å². The van der Waals surface area contributed by atoms with Crippen molar-refractivity contribution in [3.63, 3.8) is 0 Å². The van der Waals surface area contributed by atoms with Gasteiger partial charge >= 0.3 is 0 Å². The van der Waals surface area contributed by atoms with E-state index < -0.39 is 0 Å². The third kappa shape index (κ3) is 3.00. The minimum absolute atomic E-state index is 0.0626. The molecule has 0 saturated heterocycles. The molecule has 0 saturated carbocycles. The molecule has 0 aliphatic heterocycles. The molecule has 2 aromatic carbocycles. The van der Waals surface area contributed by atoms with Crippen LogP contribution in [-0.2, 0) is 6.61 Å². The van der Waals surface area contributed by atoms with Crippen LogP contribution in [0.2, 0.25) is 5.02 Å². The second-order valence-corrected chi connectivity index (χ2v) is 4.66. The minimum atomic E-state index is -0.383. The molecular weight excluding hydrogens is 295 g/mol. The molecule has 0 atom stereocenters. The van der Waals surface area contributed by atoms with Gasteiger partial charge in [0.15, 0.2) is 0 Å². The first kappa shape index (κ1) is 13.5. The van der Waals surface area contributed by atoms with Crippen molar-refractivity contribution in [1.82, 2.24) is 20.6 Å². The first-order chi connectivity index (χ1) is 10.2. The number of benzene rings is 2. The zero-order valence-corrected chi connectivity index (χ0v) is 11.5. The summed E-state index contributed by atoms with van der Waals surface area (Å²) < 4.78 is 19.1. The van der Waals surface area contributed by atoms with E-state index in [1.165, 1.54) is 6.07 Å². The van der Waals surface area contributed by atoms with Crippen molar-refractivity contribution < 1.29 is 9.13 Å². The third-order valence-corrected chi connectivity index (χ3v) is 3.26. The highest BCUT2D eigenvalue weighted by atomic mass is 35.5. The lowest BCUT2D eigenvalue weighted by molar-refractivity contribution is 0.300. The van der Waals surface area contributed by atoms with Crippen LogP contribution in [0.1, 0.15) is 5.56 Å². The largest absolute Gasteiger partial charge is 0.489 e. The molecule has 21 heavy (non-hydrogen) atoms. The molecule has 0 aliphatic carbocycles. The van der Waals surface area contributed by atoms with E-state index in [2.05, 4.69) is 20.6 Å². The molecular formula is C14H10ClFN4O. The van der Waals surface area contributed by atoms with Gasteiger partial charge in [-0.25, -0.2) is 4.39 Å². The van der Waals surface area contributed by atoms with Crippen LogP contribution in [0.5, 0.6) is 5.75 Å². The second-order valence-electron chi connectivity index (χ2n) is 4.25. The van der Waals surface area contributed by atoms with Gasteiger partial charge in [-0.3, -0.25) is 0 Å². The van der Waals surface area contributed by atoms with Crippen LogP contribution in [0.15, 0.2) is 42.5 Å². The summed E-state index contributed by atoms with van der Waals surface area (Å²) in [6.45, 7) is 0.0626. The van der Waals surface area contributed by atoms with Crippen LogP contribution >= 0.6 is 11.6 Å². The molecule has 0 fully saturated rings. The lowest BCUT2D eigenvalue weighted by Crippen LogP contribution is -1.99. The number of ether oxygens (including phenoxy) is 1. The van der Waals surface area contributed by atoms with Crippen LogP contribution in [0.25, 0.3) is 11.4 Å². The molecule has 1 N–H and O–H groups in total. The Hall–Kier alpha value is -2.47. The number of halogens is 2. The molecule has 7 heteroatoms. The summed E-state index contributed by atoms with van der Waals surface area (Å²) in [6.07, 6.45) is 0. The van der Waals surface area contributed by atoms with Gasteiger partial charge in [-0.15, -0.1) is 10.2 Å². The van der Waals surface area contributed by atoms with Crippen LogP contribution in [0, 0.1) is 5.82 Å². The molecule has 1 heterocycles. The van der Waals surface area contributed by atoms with Crippen molar-refractivity contribution in [1.29, 1.82) is 0 Å². The van der Waals surface area contributed by atoms with Crippen molar-refractivity contribution in [2.24, 2.45) is 0 Å². The maximum atomic E-state index is 13.6. The number of tetrazole rings is 1. The van der Waals surface area contributed by atoms with Crippen molar-refractivity contribution in [3.8, 4) is 17.1 Å². The van der Waals surface area contributed by atoms with Gasteiger partial charge in [0.05, 0.1) is 5.02 Å². The average molecular weight is 305 g/mol. The van der Waals surface area contributed by atoms with Gasteiger partial charge in [0.25, 0.3) is 0 Å². The van der Waals surface area contributed by atoms with Crippen molar-refractivity contribution in [2.75, 3.05) is 0 Å². The smallest absolute Gasteiger partial charge is 0.204 e. The predicted molar refractivity (Wildman–Crippen MR) is 75.4 cm³/mol. The van der Waals surface area contributed by atoms with E-state index in [4.69, 9.17) is 16.3 Å². The Labute approximate surface area is 124 Å². The van der Waals surface area contributed by atoms with E-state index >= 15 is 0 Å². The maximum Gasteiger partial charge on any atom is 0.204 e. The van der Waals surface area contributed by atoms with E-state index in [0.29, 0.717) is 22.2 Å². The summed E-state index contributed by atoms with van der Waals surface area (Å²) in [7, 11) is 0. The summed E-state index contributed by atoms with van der Waals surface area (Å²) in [5, 5.41) is 14.0. The molecule has 1 aromatic heterocycles. The summed E-state index contributed by atoms with van der Waals surface area (Å²) in [5.41, 5.74) is 1.14. The number of hydrogen-bond acceptors (Lipinski definition) is 4. The highest BCUT2D eigenvalue weighted by Crippen LogP contribution is 2.23. The summed E-state index contributed by atoms with van der Waals surface area (Å²) in [6, 6.07) is 11.6. The zero-order valence-electron chi connectivity index (χ0n) is 10.8. The van der Waals surface area contributed by atoms with E-state index in [1.54, 1.807) is 36.4 Å². The van der Waals surface area contributed by atoms with Gasteiger partial charge in [0.1, 0.15) is 18.2 Å². The Bertz CT molecular complexity index is 711. The molecule has 0 bridgehead atoms. The van der Waals surface area contributed by atoms with Crippen molar-refractivity contribution in [2.45, 2.75) is 6.61 Å². The molecule has 5 nitrogen and oxygen atoms in total. The minimum Gasteiger partial charge on any atom is -0.489 e. The third-order valence-electron chi connectivity index (χ3n) is 2.90. The lowest BCUT2D eigenvalue weighted by atomic mass is 10.2. The van der Waals surface area contributed by atoms with E-state index in [0.717, 1.165) is 5.56 Å². The first-order valence-electron chi connectivity index (χ1n) is 6.13. The fraction of sp³-hybridized carbons (Fsp3) is 0.0714. The molecule has 3 rings (SSSR count). The number of rotatable bonds is 4. The average Bonchev–Trinajstić information content (AvgIpc) is 3.02. The van der Waals surface area contributed by atoms with Crippen LogP contribution in [0.3, 0.4) is 0 Å². The Morgan fingerprint density at radius 3 is 2.62 bits per heavy atom.